The van der Waals surface area contributed by atoms with Gasteiger partial charge in [0, 0.05) is 6.54 Å². The van der Waals surface area contributed by atoms with E-state index >= 15 is 0 Å². The molecule has 0 unspecified atom stereocenters. The number of nitrogens with two attached hydrogens (primary N) is 1. The van der Waals surface area contributed by atoms with E-state index in [4.69, 9.17) is 10.5 Å². The zero-order valence-corrected chi connectivity index (χ0v) is 8.73. The van der Waals surface area contributed by atoms with Crippen molar-refractivity contribution in [3.8, 4) is 5.75 Å². The second-order valence-corrected chi connectivity index (χ2v) is 3.38. The molecule has 76 valence electrons. The van der Waals surface area contributed by atoms with Crippen LogP contribution >= 0.6 is 0 Å². The molecule has 0 fully saturated rings. The summed E-state index contributed by atoms with van der Waals surface area (Å²) in [7, 11) is 0. The van der Waals surface area contributed by atoms with E-state index < -0.39 is 0 Å². The Hall–Kier alpha value is -1.28. The lowest BCUT2D eigenvalue weighted by molar-refractivity contribution is 0.242. The molecule has 0 amide bonds. The van der Waals surface area contributed by atoms with Crippen LogP contribution in [-0.4, -0.2) is 12.6 Å². The minimum atomic E-state index is 0.212. The van der Waals surface area contributed by atoms with Gasteiger partial charge in [-0.25, -0.2) is 0 Å². The Balaban J connectivity index is 2.73. The van der Waals surface area contributed by atoms with E-state index in [0.29, 0.717) is 6.54 Å². The van der Waals surface area contributed by atoms with Crippen LogP contribution in [0, 0.1) is 0 Å². The fraction of sp³-hybridized carbons (Fsp3) is 0.333. The van der Waals surface area contributed by atoms with Crippen LogP contribution in [-0.2, 0) is 0 Å². The molecule has 0 aromatic heterocycles. The van der Waals surface area contributed by atoms with Gasteiger partial charge >= 0.3 is 0 Å². The van der Waals surface area contributed by atoms with Gasteiger partial charge < -0.3 is 10.5 Å². The summed E-state index contributed by atoms with van der Waals surface area (Å²) in [5.74, 6) is 0.902. The van der Waals surface area contributed by atoms with Crippen LogP contribution in [0.15, 0.2) is 30.3 Å². The second kappa shape index (κ2) is 5.45. The first-order valence-corrected chi connectivity index (χ1v) is 4.85. The molecule has 14 heavy (non-hydrogen) atoms. The number of benzene rings is 1. The maximum atomic E-state index is 5.57. The van der Waals surface area contributed by atoms with Crippen molar-refractivity contribution in [1.82, 2.24) is 0 Å². The van der Waals surface area contributed by atoms with Crippen molar-refractivity contribution in [2.45, 2.75) is 20.0 Å². The Kier molecular flexibility index (Phi) is 4.20. The molecule has 1 rings (SSSR count). The monoisotopic (exact) mass is 191 g/mol. The molecule has 1 aromatic rings. The fourth-order valence-electron chi connectivity index (χ4n) is 1.17. The molecular formula is C12H17NO. The van der Waals surface area contributed by atoms with Gasteiger partial charge in [0.25, 0.3) is 0 Å². The summed E-state index contributed by atoms with van der Waals surface area (Å²) >= 11 is 0. The highest BCUT2D eigenvalue weighted by atomic mass is 16.5. The predicted molar refractivity (Wildman–Crippen MR) is 60.3 cm³/mol. The SMILES string of the molecule is CC(C)Oc1cccc(/C=C/CN)c1. The highest BCUT2D eigenvalue weighted by Crippen LogP contribution is 2.15. The molecule has 0 radical (unpaired) electrons. The molecule has 0 heterocycles. The maximum Gasteiger partial charge on any atom is 0.120 e. The number of rotatable bonds is 4. The average Bonchev–Trinajstić information content (AvgIpc) is 2.14. The molecule has 0 spiro atoms. The van der Waals surface area contributed by atoms with E-state index in [1.165, 1.54) is 0 Å². The van der Waals surface area contributed by atoms with Gasteiger partial charge in [-0.15, -0.1) is 0 Å². The topological polar surface area (TPSA) is 35.2 Å². The van der Waals surface area contributed by atoms with Crippen LogP contribution < -0.4 is 10.5 Å². The van der Waals surface area contributed by atoms with E-state index in [-0.39, 0.29) is 6.10 Å². The van der Waals surface area contributed by atoms with E-state index in [1.807, 2.05) is 50.3 Å². The van der Waals surface area contributed by atoms with Crippen LogP contribution in [0.2, 0.25) is 0 Å². The van der Waals surface area contributed by atoms with Crippen LogP contribution in [0.1, 0.15) is 19.4 Å². The standard InChI is InChI=1S/C12H17NO/c1-10(2)14-12-7-3-5-11(9-12)6-4-8-13/h3-7,9-10H,8,13H2,1-2H3/b6-4+. The molecule has 0 bridgehead atoms. The highest BCUT2D eigenvalue weighted by Gasteiger charge is 1.96. The fourth-order valence-corrected chi connectivity index (χ4v) is 1.17. The van der Waals surface area contributed by atoms with Crippen molar-refractivity contribution in [2.24, 2.45) is 5.73 Å². The van der Waals surface area contributed by atoms with Gasteiger partial charge in [-0.1, -0.05) is 24.3 Å². The molecule has 0 aliphatic heterocycles. The van der Waals surface area contributed by atoms with Crippen molar-refractivity contribution in [2.75, 3.05) is 6.54 Å². The first-order chi connectivity index (χ1) is 6.72. The van der Waals surface area contributed by atoms with Crippen molar-refractivity contribution in [1.29, 1.82) is 0 Å². The predicted octanol–water partition coefficient (Wildman–Crippen LogP) is 2.45. The Morgan fingerprint density at radius 2 is 2.21 bits per heavy atom. The third kappa shape index (κ3) is 3.62. The van der Waals surface area contributed by atoms with Crippen LogP contribution in [0.3, 0.4) is 0 Å². The zero-order valence-electron chi connectivity index (χ0n) is 8.73. The van der Waals surface area contributed by atoms with Gasteiger partial charge in [0.05, 0.1) is 6.10 Å². The zero-order chi connectivity index (χ0) is 10.4. The summed E-state index contributed by atoms with van der Waals surface area (Å²) in [6.45, 7) is 4.60. The molecule has 2 heteroatoms. The molecule has 0 atom stereocenters. The summed E-state index contributed by atoms with van der Waals surface area (Å²) in [5, 5.41) is 0. The average molecular weight is 191 g/mol. The lowest BCUT2D eigenvalue weighted by Gasteiger charge is -2.09. The Morgan fingerprint density at radius 3 is 2.86 bits per heavy atom. The van der Waals surface area contributed by atoms with E-state index in [2.05, 4.69) is 0 Å². The van der Waals surface area contributed by atoms with Gasteiger partial charge in [-0.05, 0) is 31.5 Å². The summed E-state index contributed by atoms with van der Waals surface area (Å²) in [6, 6.07) is 7.97. The van der Waals surface area contributed by atoms with E-state index in [0.717, 1.165) is 11.3 Å². The smallest absolute Gasteiger partial charge is 0.120 e. The third-order valence-corrected chi connectivity index (χ3v) is 1.68. The summed E-state index contributed by atoms with van der Waals surface area (Å²) in [6.07, 6.45) is 4.13. The van der Waals surface area contributed by atoms with Crippen molar-refractivity contribution < 1.29 is 4.74 Å². The van der Waals surface area contributed by atoms with Crippen molar-refractivity contribution in [3.05, 3.63) is 35.9 Å². The summed E-state index contributed by atoms with van der Waals surface area (Å²) in [5.41, 5.74) is 6.50. The van der Waals surface area contributed by atoms with E-state index in [1.54, 1.807) is 0 Å². The summed E-state index contributed by atoms with van der Waals surface area (Å²) in [4.78, 5) is 0. The van der Waals surface area contributed by atoms with Crippen LogP contribution in [0.25, 0.3) is 6.08 Å². The number of hydrogen-bond acceptors (Lipinski definition) is 2. The van der Waals surface area contributed by atoms with Gasteiger partial charge in [0.15, 0.2) is 0 Å². The quantitative estimate of drug-likeness (QED) is 0.793. The molecule has 0 saturated carbocycles. The van der Waals surface area contributed by atoms with Gasteiger partial charge in [0.1, 0.15) is 5.75 Å². The van der Waals surface area contributed by atoms with Gasteiger partial charge in [-0.3, -0.25) is 0 Å². The van der Waals surface area contributed by atoms with Crippen molar-refractivity contribution >= 4 is 6.08 Å². The highest BCUT2D eigenvalue weighted by molar-refractivity contribution is 5.51. The molecule has 1 aromatic carbocycles. The molecular weight excluding hydrogens is 174 g/mol. The number of hydrogen-bond donors (Lipinski definition) is 1. The molecule has 0 saturated heterocycles. The van der Waals surface area contributed by atoms with Gasteiger partial charge in [0.2, 0.25) is 0 Å². The minimum Gasteiger partial charge on any atom is -0.491 e. The minimum absolute atomic E-state index is 0.212. The molecule has 0 aliphatic carbocycles. The molecule has 2 N–H and O–H groups in total. The Morgan fingerprint density at radius 1 is 1.43 bits per heavy atom. The first-order valence-electron chi connectivity index (χ1n) is 4.85. The third-order valence-electron chi connectivity index (χ3n) is 1.68. The lowest BCUT2D eigenvalue weighted by atomic mass is 10.2. The molecule has 2 nitrogen and oxygen atoms in total. The van der Waals surface area contributed by atoms with Crippen LogP contribution in [0.4, 0.5) is 0 Å². The first kappa shape index (κ1) is 10.8. The van der Waals surface area contributed by atoms with Crippen molar-refractivity contribution in [3.63, 3.8) is 0 Å². The number of ether oxygens (including phenoxy) is 1. The lowest BCUT2D eigenvalue weighted by Crippen LogP contribution is -2.05. The Labute approximate surface area is 85.4 Å². The largest absolute Gasteiger partial charge is 0.491 e. The Bertz CT molecular complexity index is 305. The summed E-state index contributed by atoms with van der Waals surface area (Å²) < 4.78 is 5.57. The second-order valence-electron chi connectivity index (χ2n) is 3.38. The van der Waals surface area contributed by atoms with Gasteiger partial charge in [-0.2, -0.15) is 0 Å². The van der Waals surface area contributed by atoms with E-state index in [9.17, 15) is 0 Å². The normalized spacial score (nSPS) is 11.1. The maximum absolute atomic E-state index is 5.57. The van der Waals surface area contributed by atoms with Crippen LogP contribution in [0.5, 0.6) is 5.75 Å². The molecule has 0 aliphatic rings.